The van der Waals surface area contributed by atoms with Gasteiger partial charge in [-0.15, -0.1) is 0 Å². The maximum atomic E-state index is 4.94. The Morgan fingerprint density at radius 2 is 2.00 bits per heavy atom. The first-order chi connectivity index (χ1) is 5.91. The van der Waals surface area contributed by atoms with Crippen LogP contribution >= 0.6 is 0 Å². The van der Waals surface area contributed by atoms with Gasteiger partial charge in [0, 0.05) is 13.1 Å². The largest absolute Gasteiger partial charge is 0.397 e. The Labute approximate surface area is 75.2 Å². The second-order valence-corrected chi connectivity index (χ2v) is 2.73. The molecule has 0 amide bonds. The van der Waals surface area contributed by atoms with Gasteiger partial charge in [0.05, 0.1) is 0 Å². The normalized spacial score (nSPS) is 10.8. The Kier molecular flexibility index (Phi) is 9.93. The summed E-state index contributed by atoms with van der Waals surface area (Å²) < 4.78 is 0. The Balaban J connectivity index is 2.92. The molecule has 0 aromatic carbocycles. The van der Waals surface area contributed by atoms with Crippen LogP contribution in [0.3, 0.4) is 0 Å². The van der Waals surface area contributed by atoms with Gasteiger partial charge in [-0.1, -0.05) is 26.7 Å². The lowest BCUT2D eigenvalue weighted by atomic mass is 10.3. The summed E-state index contributed by atoms with van der Waals surface area (Å²) in [5.74, 6) is 0. The van der Waals surface area contributed by atoms with Crippen LogP contribution in [0.1, 0.15) is 39.5 Å². The molecule has 0 radical (unpaired) electrons. The van der Waals surface area contributed by atoms with E-state index in [1.54, 1.807) is 0 Å². The minimum Gasteiger partial charge on any atom is -0.397 e. The summed E-state index contributed by atoms with van der Waals surface area (Å²) in [5, 5.41) is 0. The summed E-state index contributed by atoms with van der Waals surface area (Å²) in [4.78, 5) is 8.99. The van der Waals surface area contributed by atoms with E-state index in [0.29, 0.717) is 0 Å². The molecule has 0 unspecified atom stereocenters. The molecule has 0 aromatic heterocycles. The van der Waals surface area contributed by atoms with Crippen molar-refractivity contribution in [2.75, 3.05) is 13.1 Å². The molecule has 1 N–H and O–H groups in total. The maximum absolute atomic E-state index is 4.94. The third kappa shape index (κ3) is 9.43. The van der Waals surface area contributed by atoms with Crippen LogP contribution in [0.4, 0.5) is 0 Å². The summed E-state index contributed by atoms with van der Waals surface area (Å²) in [6, 6.07) is 0. The third-order valence-electron chi connectivity index (χ3n) is 1.48. The zero-order chi connectivity index (χ0) is 9.07. The van der Waals surface area contributed by atoms with Gasteiger partial charge in [0.15, 0.2) is 6.40 Å². The third-order valence-corrected chi connectivity index (χ3v) is 1.48. The van der Waals surface area contributed by atoms with E-state index in [2.05, 4.69) is 24.3 Å². The number of hydrogen-bond acceptors (Lipinski definition) is 3. The SMILES string of the molecule is CCCC/N=C/ONCCCC. The lowest BCUT2D eigenvalue weighted by Gasteiger charge is -1.99. The molecule has 0 aliphatic heterocycles. The first-order valence-corrected chi connectivity index (χ1v) is 4.78. The molecule has 0 saturated heterocycles. The Morgan fingerprint density at radius 1 is 1.25 bits per heavy atom. The van der Waals surface area contributed by atoms with E-state index >= 15 is 0 Å². The highest BCUT2D eigenvalue weighted by atomic mass is 16.6. The van der Waals surface area contributed by atoms with Crippen molar-refractivity contribution in [1.29, 1.82) is 0 Å². The molecule has 0 aliphatic carbocycles. The first kappa shape index (κ1) is 11.4. The van der Waals surface area contributed by atoms with Gasteiger partial charge in [-0.25, -0.2) is 0 Å². The number of nitrogens with one attached hydrogen (secondary N) is 1. The average Bonchev–Trinajstić information content (AvgIpc) is 2.10. The molecule has 3 nitrogen and oxygen atoms in total. The molecule has 0 saturated carbocycles. The van der Waals surface area contributed by atoms with E-state index in [1.165, 1.54) is 19.2 Å². The Bertz CT molecular complexity index is 105. The van der Waals surface area contributed by atoms with Crippen molar-refractivity contribution >= 4 is 6.40 Å². The Hall–Kier alpha value is -0.570. The smallest absolute Gasteiger partial charge is 0.196 e. The second-order valence-electron chi connectivity index (χ2n) is 2.73. The molecule has 0 heterocycles. The zero-order valence-electron chi connectivity index (χ0n) is 8.18. The van der Waals surface area contributed by atoms with Gasteiger partial charge >= 0.3 is 0 Å². The van der Waals surface area contributed by atoms with Crippen molar-refractivity contribution in [2.24, 2.45) is 4.99 Å². The van der Waals surface area contributed by atoms with Crippen LogP contribution in [0, 0.1) is 0 Å². The highest BCUT2D eigenvalue weighted by Crippen LogP contribution is 1.85. The fourth-order valence-electron chi connectivity index (χ4n) is 0.685. The summed E-state index contributed by atoms with van der Waals surface area (Å²) in [5.41, 5.74) is 2.81. The highest BCUT2D eigenvalue weighted by Gasteiger charge is 1.82. The van der Waals surface area contributed by atoms with Gasteiger partial charge in [0.25, 0.3) is 0 Å². The van der Waals surface area contributed by atoms with Gasteiger partial charge in [-0.05, 0) is 12.8 Å². The summed E-state index contributed by atoms with van der Waals surface area (Å²) in [6.45, 7) is 6.06. The Morgan fingerprint density at radius 3 is 2.67 bits per heavy atom. The van der Waals surface area contributed by atoms with Crippen LogP contribution in [-0.2, 0) is 4.84 Å². The van der Waals surface area contributed by atoms with Gasteiger partial charge in [0.1, 0.15) is 0 Å². The molecule has 0 spiro atoms. The predicted octanol–water partition coefficient (Wildman–Crippen LogP) is 2.14. The lowest BCUT2D eigenvalue weighted by Crippen LogP contribution is -2.14. The quantitative estimate of drug-likeness (QED) is 0.263. The second kappa shape index (κ2) is 10.4. The topological polar surface area (TPSA) is 33.6 Å². The molecule has 12 heavy (non-hydrogen) atoms. The van der Waals surface area contributed by atoms with Gasteiger partial charge < -0.3 is 4.84 Å². The maximum Gasteiger partial charge on any atom is 0.196 e. The molecular formula is C9H20N2O. The van der Waals surface area contributed by atoms with Gasteiger partial charge in [-0.2, -0.15) is 5.48 Å². The first-order valence-electron chi connectivity index (χ1n) is 4.78. The molecule has 0 fully saturated rings. The molecule has 0 aliphatic rings. The van der Waals surface area contributed by atoms with E-state index in [4.69, 9.17) is 4.84 Å². The summed E-state index contributed by atoms with van der Waals surface area (Å²) in [7, 11) is 0. The number of hydrogen-bond donors (Lipinski definition) is 1. The van der Waals surface area contributed by atoms with Crippen molar-refractivity contribution in [2.45, 2.75) is 39.5 Å². The predicted molar refractivity (Wildman–Crippen MR) is 52.3 cm³/mol. The number of rotatable bonds is 8. The van der Waals surface area contributed by atoms with E-state index in [9.17, 15) is 0 Å². The van der Waals surface area contributed by atoms with Crippen molar-refractivity contribution in [3.05, 3.63) is 0 Å². The zero-order valence-corrected chi connectivity index (χ0v) is 8.18. The van der Waals surface area contributed by atoms with Crippen molar-refractivity contribution in [3.8, 4) is 0 Å². The molecule has 0 atom stereocenters. The van der Waals surface area contributed by atoms with E-state index < -0.39 is 0 Å². The number of aliphatic imine (C=N–C) groups is 1. The summed E-state index contributed by atoms with van der Waals surface area (Å²) >= 11 is 0. The summed E-state index contributed by atoms with van der Waals surface area (Å²) in [6.07, 6.45) is 6.13. The molecule has 0 rings (SSSR count). The van der Waals surface area contributed by atoms with E-state index in [1.807, 2.05) is 0 Å². The van der Waals surface area contributed by atoms with E-state index in [-0.39, 0.29) is 0 Å². The molecule has 0 aromatic rings. The molecular weight excluding hydrogens is 152 g/mol. The van der Waals surface area contributed by atoms with Crippen molar-refractivity contribution in [3.63, 3.8) is 0 Å². The van der Waals surface area contributed by atoms with Crippen LogP contribution in [0.25, 0.3) is 0 Å². The molecule has 72 valence electrons. The van der Waals surface area contributed by atoms with Crippen molar-refractivity contribution < 1.29 is 4.84 Å². The van der Waals surface area contributed by atoms with Crippen LogP contribution < -0.4 is 5.48 Å². The van der Waals surface area contributed by atoms with Crippen LogP contribution in [0.15, 0.2) is 4.99 Å². The average molecular weight is 172 g/mol. The number of nitrogens with zero attached hydrogens (tertiary/aromatic N) is 1. The monoisotopic (exact) mass is 172 g/mol. The van der Waals surface area contributed by atoms with Gasteiger partial charge in [0.2, 0.25) is 0 Å². The lowest BCUT2D eigenvalue weighted by molar-refractivity contribution is 0.191. The van der Waals surface area contributed by atoms with Crippen molar-refractivity contribution in [1.82, 2.24) is 5.48 Å². The standard InChI is InChI=1S/C9H20N2O/c1-3-5-7-10-9-12-11-8-6-4-2/h9,11H,3-8H2,1-2H3/b10-9+. The minimum atomic E-state index is 0.867. The minimum absolute atomic E-state index is 0.867. The molecule has 3 heteroatoms. The van der Waals surface area contributed by atoms with Crippen LogP contribution in [-0.4, -0.2) is 19.5 Å². The van der Waals surface area contributed by atoms with Crippen LogP contribution in [0.5, 0.6) is 0 Å². The highest BCUT2D eigenvalue weighted by molar-refractivity contribution is 5.45. The number of hydroxylamine groups is 1. The van der Waals surface area contributed by atoms with Gasteiger partial charge in [-0.3, -0.25) is 4.99 Å². The fraction of sp³-hybridized carbons (Fsp3) is 0.889. The molecule has 0 bridgehead atoms. The number of unbranched alkanes of at least 4 members (excludes halogenated alkanes) is 2. The fourth-order valence-corrected chi connectivity index (χ4v) is 0.685. The van der Waals surface area contributed by atoms with Crippen LogP contribution in [0.2, 0.25) is 0 Å². The van der Waals surface area contributed by atoms with E-state index in [0.717, 1.165) is 25.9 Å².